The fourth-order valence-electron chi connectivity index (χ4n) is 3.78. The predicted molar refractivity (Wildman–Crippen MR) is 120 cm³/mol. The number of benzene rings is 2. The van der Waals surface area contributed by atoms with E-state index in [1.54, 1.807) is 0 Å². The molecule has 29 heavy (non-hydrogen) atoms. The van der Waals surface area contributed by atoms with Crippen LogP contribution in [0.25, 0.3) is 0 Å². The van der Waals surface area contributed by atoms with Gasteiger partial charge in [0.2, 0.25) is 5.91 Å². The minimum absolute atomic E-state index is 0.116. The van der Waals surface area contributed by atoms with Crippen molar-refractivity contribution in [2.24, 2.45) is 0 Å². The Balaban J connectivity index is 1.43. The third-order valence-corrected chi connectivity index (χ3v) is 5.93. The van der Waals surface area contributed by atoms with Crippen LogP contribution in [-0.2, 0) is 24.3 Å². The van der Waals surface area contributed by atoms with Gasteiger partial charge < -0.3 is 10.2 Å². The van der Waals surface area contributed by atoms with Gasteiger partial charge in [-0.3, -0.25) is 9.69 Å². The van der Waals surface area contributed by atoms with Crippen molar-refractivity contribution < 1.29 is 4.79 Å². The molecule has 5 heteroatoms. The highest BCUT2D eigenvalue weighted by molar-refractivity contribution is 6.30. The van der Waals surface area contributed by atoms with Crippen LogP contribution in [0.4, 0.5) is 0 Å². The largest absolute Gasteiger partial charge is 0.352 e. The Morgan fingerprint density at radius 1 is 0.966 bits per heavy atom. The van der Waals surface area contributed by atoms with Gasteiger partial charge in [0.15, 0.2) is 0 Å². The summed E-state index contributed by atoms with van der Waals surface area (Å²) < 4.78 is 0. The van der Waals surface area contributed by atoms with Gasteiger partial charge in [-0.1, -0.05) is 54.9 Å². The first kappa shape index (κ1) is 21.8. The summed E-state index contributed by atoms with van der Waals surface area (Å²) in [5.41, 5.74) is 3.76. The molecule has 2 aromatic carbocycles. The Bertz CT molecular complexity index is 770. The summed E-state index contributed by atoms with van der Waals surface area (Å²) in [6.45, 7) is 9.42. The summed E-state index contributed by atoms with van der Waals surface area (Å²) in [7, 11) is 0. The number of halogens is 1. The fraction of sp³-hybridized carbons (Fsp3) is 0.458. The van der Waals surface area contributed by atoms with E-state index in [2.05, 4.69) is 46.3 Å². The van der Waals surface area contributed by atoms with Crippen LogP contribution in [0, 0.1) is 0 Å². The number of piperazine rings is 1. The molecule has 0 aliphatic carbocycles. The van der Waals surface area contributed by atoms with E-state index >= 15 is 0 Å². The van der Waals surface area contributed by atoms with Crippen molar-refractivity contribution in [2.45, 2.75) is 39.3 Å². The molecule has 0 saturated carbocycles. The second-order valence-corrected chi connectivity index (χ2v) is 8.17. The molecule has 0 bridgehead atoms. The molecular weight excluding hydrogens is 382 g/mol. The van der Waals surface area contributed by atoms with E-state index in [4.69, 9.17) is 11.6 Å². The molecule has 1 fully saturated rings. The summed E-state index contributed by atoms with van der Waals surface area (Å²) in [5.74, 6) is 0.116. The van der Waals surface area contributed by atoms with E-state index in [1.165, 1.54) is 16.7 Å². The van der Waals surface area contributed by atoms with Crippen molar-refractivity contribution in [3.05, 3.63) is 70.2 Å². The summed E-state index contributed by atoms with van der Waals surface area (Å²) >= 11 is 5.91. The van der Waals surface area contributed by atoms with E-state index in [-0.39, 0.29) is 5.91 Å². The van der Waals surface area contributed by atoms with E-state index in [0.717, 1.165) is 57.1 Å². The van der Waals surface area contributed by atoms with Crippen molar-refractivity contribution >= 4 is 17.5 Å². The van der Waals surface area contributed by atoms with Gasteiger partial charge in [-0.05, 0) is 48.2 Å². The molecule has 0 unspecified atom stereocenters. The predicted octanol–water partition coefficient (Wildman–Crippen LogP) is 4.12. The first-order valence-electron chi connectivity index (χ1n) is 10.7. The number of likely N-dealkylation sites (N-methyl/N-ethyl adjacent to an activating group) is 1. The minimum atomic E-state index is 0.116. The first-order valence-corrected chi connectivity index (χ1v) is 11.0. The Hall–Kier alpha value is -1.88. The number of hydrogen-bond acceptors (Lipinski definition) is 3. The minimum Gasteiger partial charge on any atom is -0.352 e. The van der Waals surface area contributed by atoms with Crippen LogP contribution in [0.2, 0.25) is 5.02 Å². The van der Waals surface area contributed by atoms with Crippen molar-refractivity contribution in [1.82, 2.24) is 15.1 Å². The van der Waals surface area contributed by atoms with Crippen molar-refractivity contribution in [3.63, 3.8) is 0 Å². The third kappa shape index (κ3) is 7.14. The van der Waals surface area contributed by atoms with Gasteiger partial charge in [0.25, 0.3) is 0 Å². The van der Waals surface area contributed by atoms with Crippen LogP contribution in [0.1, 0.15) is 36.5 Å². The topological polar surface area (TPSA) is 35.6 Å². The zero-order chi connectivity index (χ0) is 20.5. The zero-order valence-corrected chi connectivity index (χ0v) is 18.1. The van der Waals surface area contributed by atoms with E-state index < -0.39 is 0 Å². The van der Waals surface area contributed by atoms with Crippen molar-refractivity contribution in [3.8, 4) is 0 Å². The fourth-order valence-corrected chi connectivity index (χ4v) is 3.90. The highest BCUT2D eigenvalue weighted by Gasteiger charge is 2.16. The van der Waals surface area contributed by atoms with Crippen LogP contribution >= 0.6 is 11.6 Å². The number of aryl methyl sites for hydroxylation is 1. The lowest BCUT2D eigenvalue weighted by Crippen LogP contribution is -2.45. The smallest absolute Gasteiger partial charge is 0.220 e. The van der Waals surface area contributed by atoms with Gasteiger partial charge in [0.05, 0.1) is 0 Å². The SMILES string of the molecule is CCN1CCN(Cc2ccccc2CNC(=O)CCCc2ccc(Cl)cc2)CC1. The Morgan fingerprint density at radius 2 is 1.62 bits per heavy atom. The molecule has 1 aliphatic rings. The molecule has 1 saturated heterocycles. The van der Waals surface area contributed by atoms with Crippen molar-refractivity contribution in [2.75, 3.05) is 32.7 Å². The lowest BCUT2D eigenvalue weighted by atomic mass is 10.1. The van der Waals surface area contributed by atoms with Gasteiger partial charge in [-0.25, -0.2) is 0 Å². The lowest BCUT2D eigenvalue weighted by molar-refractivity contribution is -0.121. The van der Waals surface area contributed by atoms with E-state index in [9.17, 15) is 4.79 Å². The van der Waals surface area contributed by atoms with Gasteiger partial charge in [-0.2, -0.15) is 0 Å². The summed E-state index contributed by atoms with van der Waals surface area (Å²) in [5, 5.41) is 3.85. The second kappa shape index (κ2) is 11.3. The quantitative estimate of drug-likeness (QED) is 0.671. The molecule has 2 aromatic rings. The number of nitrogens with zero attached hydrogens (tertiary/aromatic N) is 2. The average Bonchev–Trinajstić information content (AvgIpc) is 2.75. The third-order valence-electron chi connectivity index (χ3n) is 5.68. The maximum absolute atomic E-state index is 12.3. The van der Waals surface area contributed by atoms with Crippen LogP contribution < -0.4 is 5.32 Å². The monoisotopic (exact) mass is 413 g/mol. The first-order chi connectivity index (χ1) is 14.1. The normalized spacial score (nSPS) is 15.4. The van der Waals surface area contributed by atoms with E-state index in [1.807, 2.05) is 24.3 Å². The Labute approximate surface area is 179 Å². The molecule has 1 aliphatic heterocycles. The molecule has 1 N–H and O–H groups in total. The molecule has 0 radical (unpaired) electrons. The van der Waals surface area contributed by atoms with Crippen LogP contribution in [0.5, 0.6) is 0 Å². The van der Waals surface area contributed by atoms with Crippen LogP contribution in [-0.4, -0.2) is 48.4 Å². The molecule has 0 spiro atoms. The number of carbonyl (C=O) groups is 1. The summed E-state index contributed by atoms with van der Waals surface area (Å²) in [6.07, 6.45) is 2.28. The number of hydrogen-bond donors (Lipinski definition) is 1. The maximum atomic E-state index is 12.3. The molecule has 0 aromatic heterocycles. The lowest BCUT2D eigenvalue weighted by Gasteiger charge is -2.34. The summed E-state index contributed by atoms with van der Waals surface area (Å²) in [4.78, 5) is 17.3. The Morgan fingerprint density at radius 3 is 2.31 bits per heavy atom. The molecule has 156 valence electrons. The molecule has 0 atom stereocenters. The zero-order valence-electron chi connectivity index (χ0n) is 17.4. The van der Waals surface area contributed by atoms with Crippen LogP contribution in [0.3, 0.4) is 0 Å². The number of rotatable bonds is 9. The van der Waals surface area contributed by atoms with Crippen molar-refractivity contribution in [1.29, 1.82) is 0 Å². The molecule has 1 heterocycles. The highest BCUT2D eigenvalue weighted by Crippen LogP contribution is 2.14. The molecule has 4 nitrogen and oxygen atoms in total. The average molecular weight is 414 g/mol. The molecule has 1 amide bonds. The summed E-state index contributed by atoms with van der Waals surface area (Å²) in [6, 6.07) is 16.3. The van der Waals surface area contributed by atoms with E-state index in [0.29, 0.717) is 13.0 Å². The number of amides is 1. The molecular formula is C24H32ClN3O. The van der Waals surface area contributed by atoms with Gasteiger partial charge >= 0.3 is 0 Å². The van der Waals surface area contributed by atoms with Gasteiger partial charge in [-0.15, -0.1) is 0 Å². The van der Waals surface area contributed by atoms with Gasteiger partial charge in [0.1, 0.15) is 0 Å². The number of carbonyl (C=O) groups excluding carboxylic acids is 1. The second-order valence-electron chi connectivity index (χ2n) is 7.74. The van der Waals surface area contributed by atoms with Gasteiger partial charge in [0, 0.05) is 50.7 Å². The molecule has 3 rings (SSSR count). The van der Waals surface area contributed by atoms with Crippen LogP contribution in [0.15, 0.2) is 48.5 Å². The maximum Gasteiger partial charge on any atom is 0.220 e. The number of nitrogens with one attached hydrogen (secondary N) is 1. The highest BCUT2D eigenvalue weighted by atomic mass is 35.5. The Kier molecular flexibility index (Phi) is 8.53. The standard InChI is InChI=1S/C24H32ClN3O/c1-2-27-14-16-28(17-15-27)19-22-8-4-3-7-21(22)18-26-24(29)9-5-6-20-10-12-23(25)13-11-20/h3-4,7-8,10-13H,2,5-6,9,14-19H2,1H3,(H,26,29).